The molecule has 0 saturated carbocycles. The summed E-state index contributed by atoms with van der Waals surface area (Å²) in [6.07, 6.45) is 11.8. The smallest absolute Gasteiger partial charge is 0.0340 e. The minimum Gasteiger partial charge on any atom is -0.385 e. The van der Waals surface area contributed by atoms with Crippen molar-refractivity contribution >= 4 is 16.5 Å². The van der Waals surface area contributed by atoms with Gasteiger partial charge < -0.3 is 5.32 Å². The van der Waals surface area contributed by atoms with Crippen molar-refractivity contribution in [1.29, 1.82) is 0 Å². The van der Waals surface area contributed by atoms with Gasteiger partial charge in [0.15, 0.2) is 0 Å². The molecule has 0 aliphatic carbocycles. The molecule has 1 heterocycles. The third-order valence-electron chi connectivity index (χ3n) is 8.31. The average molecular weight is 497 g/mol. The molecule has 0 amide bonds. The molecule has 2 heteroatoms. The molecule has 0 bridgehead atoms. The number of benzene rings is 3. The summed E-state index contributed by atoms with van der Waals surface area (Å²) >= 11 is 0. The Morgan fingerprint density at radius 2 is 1.73 bits per heavy atom. The normalized spacial score (nSPS) is 15.6. The number of nitrogens with one attached hydrogen (secondary N) is 1. The summed E-state index contributed by atoms with van der Waals surface area (Å²) in [6.45, 7) is 13.5. The minimum absolute atomic E-state index is 0.772. The van der Waals surface area contributed by atoms with E-state index in [4.69, 9.17) is 0 Å². The van der Waals surface area contributed by atoms with Crippen molar-refractivity contribution in [1.82, 2.24) is 10.2 Å². The van der Waals surface area contributed by atoms with E-state index >= 15 is 0 Å². The van der Waals surface area contributed by atoms with Crippen molar-refractivity contribution in [2.75, 3.05) is 19.6 Å². The Hall–Kier alpha value is -2.58. The summed E-state index contributed by atoms with van der Waals surface area (Å²) in [5.41, 5.74) is 5.24. The molecular formula is C35H48N2. The van der Waals surface area contributed by atoms with E-state index in [1.807, 2.05) is 0 Å². The number of rotatable bonds is 14. The molecule has 4 rings (SSSR count). The summed E-state index contributed by atoms with van der Waals surface area (Å²) < 4.78 is 0. The van der Waals surface area contributed by atoms with Crippen molar-refractivity contribution in [2.45, 2.75) is 78.2 Å². The first-order chi connectivity index (χ1) is 18.1. The summed E-state index contributed by atoms with van der Waals surface area (Å²) in [4.78, 5) is 2.64. The lowest BCUT2D eigenvalue weighted by atomic mass is 9.89. The second-order valence-electron chi connectivity index (χ2n) is 11.4. The van der Waals surface area contributed by atoms with Crippen LogP contribution in [-0.4, -0.2) is 24.5 Å². The fourth-order valence-electron chi connectivity index (χ4n) is 5.87. The molecule has 3 aromatic rings. The molecule has 1 fully saturated rings. The molecular weight excluding hydrogens is 448 g/mol. The van der Waals surface area contributed by atoms with Gasteiger partial charge >= 0.3 is 0 Å². The van der Waals surface area contributed by atoms with E-state index in [-0.39, 0.29) is 0 Å². The van der Waals surface area contributed by atoms with Gasteiger partial charge in [-0.1, -0.05) is 113 Å². The van der Waals surface area contributed by atoms with Gasteiger partial charge in [0.25, 0.3) is 0 Å². The van der Waals surface area contributed by atoms with Crippen LogP contribution in [0.3, 0.4) is 0 Å². The molecule has 3 aromatic carbocycles. The van der Waals surface area contributed by atoms with Gasteiger partial charge in [-0.25, -0.2) is 0 Å². The molecule has 0 aromatic heterocycles. The van der Waals surface area contributed by atoms with Gasteiger partial charge in [0, 0.05) is 18.8 Å². The zero-order chi connectivity index (χ0) is 25.9. The lowest BCUT2D eigenvalue weighted by Crippen LogP contribution is -2.33. The summed E-state index contributed by atoms with van der Waals surface area (Å²) in [6, 6.07) is 24.6. The number of piperidine rings is 1. The quantitative estimate of drug-likeness (QED) is 0.224. The Morgan fingerprint density at radius 1 is 0.946 bits per heavy atom. The molecule has 0 spiro atoms. The second kappa shape index (κ2) is 14.4. The molecule has 198 valence electrons. The van der Waals surface area contributed by atoms with Gasteiger partial charge in [-0.2, -0.15) is 0 Å². The van der Waals surface area contributed by atoms with Crippen LogP contribution in [0, 0.1) is 11.8 Å². The van der Waals surface area contributed by atoms with Gasteiger partial charge in [0.05, 0.1) is 0 Å². The highest BCUT2D eigenvalue weighted by atomic mass is 15.1. The lowest BCUT2D eigenvalue weighted by molar-refractivity contribution is 0.177. The molecule has 1 unspecified atom stereocenters. The molecule has 1 aliphatic rings. The first kappa shape index (κ1) is 27.5. The SMILES string of the molecule is C=C(NCCC(C)CCCCCC)c1cccc(CC2CCN(Cc3cccc4ccccc34)CC2)c1. The Balaban J connectivity index is 1.20. The standard InChI is InChI=1S/C35H48N2/c1-4-5-6-7-12-28(2)19-22-36-29(3)33-16-10-13-31(26-33)25-30-20-23-37(24-21-30)27-34-17-11-15-32-14-8-9-18-35(32)34/h8-11,13-18,26,28,30,36H,3-7,12,19-25,27H2,1-2H3. The molecule has 37 heavy (non-hydrogen) atoms. The monoisotopic (exact) mass is 496 g/mol. The van der Waals surface area contributed by atoms with Crippen molar-refractivity contribution in [3.8, 4) is 0 Å². The van der Waals surface area contributed by atoms with Crippen LogP contribution in [0.5, 0.6) is 0 Å². The van der Waals surface area contributed by atoms with Crippen LogP contribution in [-0.2, 0) is 13.0 Å². The van der Waals surface area contributed by atoms with Gasteiger partial charge in [-0.15, -0.1) is 0 Å². The zero-order valence-corrected chi connectivity index (χ0v) is 23.4. The van der Waals surface area contributed by atoms with Crippen molar-refractivity contribution in [3.05, 3.63) is 90.0 Å². The minimum atomic E-state index is 0.772. The molecule has 1 saturated heterocycles. The van der Waals surface area contributed by atoms with Crippen molar-refractivity contribution < 1.29 is 0 Å². The van der Waals surface area contributed by atoms with Gasteiger partial charge in [0.2, 0.25) is 0 Å². The van der Waals surface area contributed by atoms with Crippen LogP contribution in [0.4, 0.5) is 0 Å². The topological polar surface area (TPSA) is 15.3 Å². The first-order valence-corrected chi connectivity index (χ1v) is 14.8. The fraction of sp³-hybridized carbons (Fsp3) is 0.486. The van der Waals surface area contributed by atoms with E-state index in [0.29, 0.717) is 0 Å². The highest BCUT2D eigenvalue weighted by Gasteiger charge is 2.20. The van der Waals surface area contributed by atoms with Crippen LogP contribution >= 0.6 is 0 Å². The predicted molar refractivity (Wildman–Crippen MR) is 162 cm³/mol. The number of hydrogen-bond donors (Lipinski definition) is 1. The van der Waals surface area contributed by atoms with Crippen LogP contribution in [0.25, 0.3) is 16.5 Å². The fourth-order valence-corrected chi connectivity index (χ4v) is 5.87. The third kappa shape index (κ3) is 8.47. The first-order valence-electron chi connectivity index (χ1n) is 14.8. The van der Waals surface area contributed by atoms with E-state index < -0.39 is 0 Å². The van der Waals surface area contributed by atoms with Crippen molar-refractivity contribution in [2.24, 2.45) is 11.8 Å². The highest BCUT2D eigenvalue weighted by molar-refractivity contribution is 5.85. The molecule has 0 radical (unpaired) electrons. The highest BCUT2D eigenvalue weighted by Crippen LogP contribution is 2.26. The number of unbranched alkanes of at least 4 members (excludes halogenated alkanes) is 3. The number of likely N-dealkylation sites (tertiary alicyclic amines) is 1. The van der Waals surface area contributed by atoms with Crippen LogP contribution in [0.1, 0.15) is 81.9 Å². The van der Waals surface area contributed by atoms with Gasteiger partial charge in [-0.05, 0) is 84.1 Å². The summed E-state index contributed by atoms with van der Waals surface area (Å²) in [5.74, 6) is 1.56. The van der Waals surface area contributed by atoms with E-state index in [9.17, 15) is 0 Å². The van der Waals surface area contributed by atoms with E-state index in [0.717, 1.165) is 30.6 Å². The average Bonchev–Trinajstić information content (AvgIpc) is 2.92. The van der Waals surface area contributed by atoms with E-state index in [1.54, 1.807) is 0 Å². The molecule has 2 nitrogen and oxygen atoms in total. The maximum absolute atomic E-state index is 4.35. The maximum atomic E-state index is 4.35. The Labute approximate surface area is 226 Å². The number of fused-ring (bicyclic) bond motifs is 1. The van der Waals surface area contributed by atoms with Crippen LogP contribution < -0.4 is 5.32 Å². The number of hydrogen-bond acceptors (Lipinski definition) is 2. The second-order valence-corrected chi connectivity index (χ2v) is 11.4. The Bertz CT molecular complexity index is 1100. The van der Waals surface area contributed by atoms with Crippen molar-refractivity contribution in [3.63, 3.8) is 0 Å². The van der Waals surface area contributed by atoms with Gasteiger partial charge in [-0.3, -0.25) is 4.90 Å². The van der Waals surface area contributed by atoms with Crippen LogP contribution in [0.2, 0.25) is 0 Å². The van der Waals surface area contributed by atoms with E-state index in [2.05, 4.69) is 97.4 Å². The van der Waals surface area contributed by atoms with E-state index in [1.165, 1.54) is 98.3 Å². The molecule has 1 atom stereocenters. The summed E-state index contributed by atoms with van der Waals surface area (Å²) in [5, 5.41) is 6.35. The molecule has 1 N–H and O–H groups in total. The summed E-state index contributed by atoms with van der Waals surface area (Å²) in [7, 11) is 0. The maximum Gasteiger partial charge on any atom is 0.0340 e. The van der Waals surface area contributed by atoms with Crippen LogP contribution in [0.15, 0.2) is 73.3 Å². The Kier molecular flexibility index (Phi) is 10.7. The zero-order valence-electron chi connectivity index (χ0n) is 23.4. The molecule has 1 aliphatic heterocycles. The lowest BCUT2D eigenvalue weighted by Gasteiger charge is -2.32. The third-order valence-corrected chi connectivity index (χ3v) is 8.31. The Morgan fingerprint density at radius 3 is 2.57 bits per heavy atom. The largest absolute Gasteiger partial charge is 0.385 e. The number of nitrogens with zero attached hydrogens (tertiary/aromatic N) is 1. The van der Waals surface area contributed by atoms with Gasteiger partial charge in [0.1, 0.15) is 0 Å². The predicted octanol–water partition coefficient (Wildman–Crippen LogP) is 8.85.